The highest BCUT2D eigenvalue weighted by Crippen LogP contribution is 2.31. The monoisotopic (exact) mass is 1460 g/mol. The van der Waals surface area contributed by atoms with Gasteiger partial charge in [0.1, 0.15) is 30.8 Å². The Bertz CT molecular complexity index is 2830. The van der Waals surface area contributed by atoms with Crippen molar-refractivity contribution in [3.8, 4) is 0 Å². The van der Waals surface area contributed by atoms with Crippen molar-refractivity contribution in [1.29, 1.82) is 0 Å². The van der Waals surface area contributed by atoms with Crippen molar-refractivity contribution in [2.75, 3.05) is 133 Å². The van der Waals surface area contributed by atoms with E-state index in [-0.39, 0.29) is 82.3 Å². The van der Waals surface area contributed by atoms with E-state index in [2.05, 4.69) is 31.9 Å². The van der Waals surface area contributed by atoms with Crippen LogP contribution in [0.2, 0.25) is 0 Å². The molecule has 0 saturated carbocycles. The Morgan fingerprint density at radius 3 is 1.72 bits per heavy atom. The number of nitrogens with one attached hydrogen (secondary N) is 6. The molecule has 0 aliphatic carbocycles. The van der Waals surface area contributed by atoms with Gasteiger partial charge in [-0.25, -0.2) is 9.59 Å². The first-order valence-electron chi connectivity index (χ1n) is 36.2. The Kier molecular flexibility index (Phi) is 43.3. The van der Waals surface area contributed by atoms with Gasteiger partial charge in [-0.05, 0) is 79.5 Å². The number of amides is 10. The largest absolute Gasteiger partial charge is 0.445 e. The Labute approximate surface area is 609 Å². The number of rotatable bonds is 52. The van der Waals surface area contributed by atoms with Crippen molar-refractivity contribution in [3.05, 3.63) is 65.7 Å². The molecule has 0 aromatic heterocycles. The maximum atomic E-state index is 14.8. The molecule has 11 N–H and O–H groups in total. The minimum Gasteiger partial charge on any atom is -0.445 e. The quantitative estimate of drug-likeness (QED) is 0.0422. The van der Waals surface area contributed by atoms with Crippen LogP contribution in [0.25, 0.3) is 0 Å². The summed E-state index contributed by atoms with van der Waals surface area (Å²) in [5.74, 6) is -5.32. The molecule has 584 valence electrons. The molecular weight excluding hydrogens is 1330 g/mol. The summed E-state index contributed by atoms with van der Waals surface area (Å²) in [7, 11) is 6.09. The van der Waals surface area contributed by atoms with Crippen LogP contribution in [-0.4, -0.2) is 255 Å². The zero-order valence-electron chi connectivity index (χ0n) is 63.4. The molecule has 30 heteroatoms. The maximum Gasteiger partial charge on any atom is 0.410 e. The molecule has 30 nitrogen and oxygen atoms in total. The number of aliphatic hydroxyl groups is 1. The number of carbonyl (C=O) groups excluding carboxylic acids is 9. The van der Waals surface area contributed by atoms with Crippen LogP contribution in [0.1, 0.15) is 131 Å². The zero-order valence-corrected chi connectivity index (χ0v) is 63.4. The first-order chi connectivity index (χ1) is 49.1. The second-order valence-electron chi connectivity index (χ2n) is 27.0. The predicted octanol–water partition coefficient (Wildman–Crippen LogP) is 4.04. The average molecular weight is 1460 g/mol. The Balaban J connectivity index is 1.58. The van der Waals surface area contributed by atoms with Gasteiger partial charge in [0.2, 0.25) is 41.4 Å². The number of primary amides is 1. The van der Waals surface area contributed by atoms with Crippen LogP contribution in [-0.2, 0) is 82.8 Å². The molecule has 1 saturated heterocycles. The average Bonchev–Trinajstić information content (AvgIpc) is 1.80. The van der Waals surface area contributed by atoms with Crippen LogP contribution in [0, 0.1) is 29.6 Å². The van der Waals surface area contributed by atoms with Gasteiger partial charge >= 0.3 is 12.1 Å². The molecule has 103 heavy (non-hydrogen) atoms. The number of likely N-dealkylation sites (N-methyl/N-ethyl adjacent to an activating group) is 2. The lowest BCUT2D eigenvalue weighted by Crippen LogP contribution is -2.60. The summed E-state index contributed by atoms with van der Waals surface area (Å²) in [6, 6.07) is 8.77. The molecule has 12 unspecified atom stereocenters. The van der Waals surface area contributed by atoms with Crippen LogP contribution in [0.15, 0.2) is 54.6 Å². The fourth-order valence-electron chi connectivity index (χ4n) is 12.1. The minimum absolute atomic E-state index is 0.0430. The van der Waals surface area contributed by atoms with Crippen LogP contribution in [0.5, 0.6) is 0 Å². The Morgan fingerprint density at radius 2 is 1.20 bits per heavy atom. The van der Waals surface area contributed by atoms with Gasteiger partial charge in [-0.3, -0.25) is 38.5 Å². The molecule has 0 radical (unpaired) electrons. The molecule has 2 aromatic rings. The molecule has 1 heterocycles. The number of nitrogens with zero attached hydrogens (tertiary/aromatic N) is 3. The van der Waals surface area contributed by atoms with Gasteiger partial charge in [0.05, 0.1) is 128 Å². The maximum absolute atomic E-state index is 14.8. The number of likely N-dealkylation sites (tertiary alicyclic amines) is 1. The topological polar surface area (TPSA) is 391 Å². The molecule has 10 amide bonds. The van der Waals surface area contributed by atoms with Gasteiger partial charge in [-0.1, -0.05) is 111 Å². The van der Waals surface area contributed by atoms with Crippen molar-refractivity contribution in [3.63, 3.8) is 0 Å². The van der Waals surface area contributed by atoms with Gasteiger partial charge in [-0.2, -0.15) is 0 Å². The minimum atomic E-state index is -1.11. The van der Waals surface area contributed by atoms with E-state index in [1.54, 1.807) is 109 Å². The second kappa shape index (κ2) is 49.6. The van der Waals surface area contributed by atoms with E-state index in [1.807, 2.05) is 32.0 Å². The zero-order chi connectivity index (χ0) is 76.6. The first kappa shape index (κ1) is 90.1. The summed E-state index contributed by atoms with van der Waals surface area (Å²) in [6.45, 7) is 23.3. The molecular formula is C73H123N11O19. The van der Waals surface area contributed by atoms with Gasteiger partial charge in [-0.15, -0.1) is 0 Å². The SMILES string of the molecule is CCC(C)C(C(CC(=O)N1CCCC1C(OC)C(C)C(=O)NC(C)C(O)c1ccccc1)OC)N(C)C(=O)C(NC(=O)C(C(C)C)N(C)C(=O)OCc1ccc(NC(=O)C(CCCNC(N)=O)NC(=O)C(NC(=O)CCOCCOCCOCCOCCOCCOCCN)C(C)C)cc1)C(C)C. The third kappa shape index (κ3) is 32.0. The fraction of sp³-hybridized carbons (Fsp3) is 0.712. The fourth-order valence-corrected chi connectivity index (χ4v) is 12.1. The highest BCUT2D eigenvalue weighted by atomic mass is 16.6. The normalized spacial score (nSPS) is 16.3. The van der Waals surface area contributed by atoms with Crippen LogP contribution in [0.3, 0.4) is 0 Å². The second-order valence-corrected chi connectivity index (χ2v) is 27.0. The predicted molar refractivity (Wildman–Crippen MR) is 388 cm³/mol. The number of hydrogen-bond donors (Lipinski definition) is 9. The lowest BCUT2D eigenvalue weighted by molar-refractivity contribution is -0.148. The molecule has 2 aromatic carbocycles. The molecule has 1 aliphatic rings. The number of aliphatic hydroxyl groups excluding tert-OH is 1. The lowest BCUT2D eigenvalue weighted by atomic mass is 9.89. The molecule has 3 rings (SSSR count). The number of anilines is 1. The molecule has 0 spiro atoms. The van der Waals surface area contributed by atoms with E-state index >= 15 is 0 Å². The molecule has 12 atom stereocenters. The number of methoxy groups -OCH3 is 2. The number of urea groups is 1. The summed E-state index contributed by atoms with van der Waals surface area (Å²) in [4.78, 5) is 128. The highest BCUT2D eigenvalue weighted by Gasteiger charge is 2.44. The van der Waals surface area contributed by atoms with Gasteiger partial charge < -0.3 is 101 Å². The first-order valence-corrected chi connectivity index (χ1v) is 36.2. The Morgan fingerprint density at radius 1 is 0.641 bits per heavy atom. The van der Waals surface area contributed by atoms with Crippen molar-refractivity contribution in [2.45, 2.75) is 181 Å². The molecule has 1 aliphatic heterocycles. The lowest BCUT2D eigenvalue weighted by Gasteiger charge is -2.41. The van der Waals surface area contributed by atoms with E-state index in [4.69, 9.17) is 54.1 Å². The summed E-state index contributed by atoms with van der Waals surface area (Å²) in [6.07, 6.45) is -1.11. The van der Waals surface area contributed by atoms with E-state index < -0.39 is 120 Å². The number of carbonyl (C=O) groups is 9. The van der Waals surface area contributed by atoms with Crippen molar-refractivity contribution in [2.24, 2.45) is 41.1 Å². The summed E-state index contributed by atoms with van der Waals surface area (Å²) in [5, 5.41) is 27.7. The van der Waals surface area contributed by atoms with E-state index in [1.165, 1.54) is 26.2 Å². The number of ether oxygens (including phenoxy) is 9. The summed E-state index contributed by atoms with van der Waals surface area (Å²) < 4.78 is 50.5. The van der Waals surface area contributed by atoms with E-state index in [0.717, 1.165) is 0 Å². The van der Waals surface area contributed by atoms with E-state index in [0.29, 0.717) is 109 Å². The highest BCUT2D eigenvalue weighted by molar-refractivity contribution is 5.98. The smallest absolute Gasteiger partial charge is 0.410 e. The van der Waals surface area contributed by atoms with Crippen LogP contribution in [0.4, 0.5) is 15.3 Å². The number of nitrogens with two attached hydrogens (primary N) is 2. The van der Waals surface area contributed by atoms with Gasteiger partial charge in [0, 0.05) is 60.1 Å². The molecule has 1 fully saturated rings. The van der Waals surface area contributed by atoms with Crippen molar-refractivity contribution in [1.82, 2.24) is 41.3 Å². The van der Waals surface area contributed by atoms with Gasteiger partial charge in [0.15, 0.2) is 0 Å². The third-order valence-electron chi connectivity index (χ3n) is 18.1. The molecule has 0 bridgehead atoms. The number of hydrogen-bond acceptors (Lipinski definition) is 20. The Hall–Kier alpha value is -7.13. The summed E-state index contributed by atoms with van der Waals surface area (Å²) >= 11 is 0. The van der Waals surface area contributed by atoms with Gasteiger partial charge in [0.25, 0.3) is 0 Å². The third-order valence-corrected chi connectivity index (χ3v) is 18.1. The van der Waals surface area contributed by atoms with Crippen molar-refractivity contribution < 1.29 is 90.9 Å². The van der Waals surface area contributed by atoms with Crippen LogP contribution >= 0.6 is 0 Å². The summed E-state index contributed by atoms with van der Waals surface area (Å²) in [5.41, 5.74) is 12.2. The van der Waals surface area contributed by atoms with E-state index in [9.17, 15) is 48.3 Å². The van der Waals surface area contributed by atoms with Crippen molar-refractivity contribution >= 4 is 59.2 Å². The standard InChI is InChI=1S/C73H123N11O19/c1-15-50(8)64(58(95-13)45-60(86)84-32-20-24-57(84)66(96-14)51(9)67(88)77-52(10)65(87)54-21-17-16-18-22-54)82(11)71(92)62(48(4)5)81-70(91)63(49(6)7)83(12)73(94)103-46-53-25-27-55(28-26-53)78-68(89)56(23-19-31-76-72(75)93)79-69(90)61(47(2)3)80-59(85)29-33-97-35-37-99-39-41-101-43-44-102-42-40-100-38-36-98-34-30-74/h16-18,21-22,25-28,47-52,56-58,61-66,87H,15,19-20,23-24,29-46,74H2,1-14H3,(H,77,88)(H,78,89)(H,79,90)(H,80,85)(H,81,91)(H3,75,76,93). The number of benzene rings is 2. The van der Waals surface area contributed by atoms with Crippen LogP contribution < -0.4 is 43.4 Å².